The first-order chi connectivity index (χ1) is 10.3. The third kappa shape index (κ3) is 4.73. The number of hydrogen-bond donors (Lipinski definition) is 1. The second-order valence-electron chi connectivity index (χ2n) is 4.85. The Balaban J connectivity index is 2.88. The molecule has 7 nitrogen and oxygen atoms in total. The van der Waals surface area contributed by atoms with Crippen molar-refractivity contribution in [3.05, 3.63) is 33.9 Å². The molecule has 0 saturated heterocycles. The fourth-order valence-electron chi connectivity index (χ4n) is 1.64. The molecule has 0 aliphatic rings. The maximum absolute atomic E-state index is 12.0. The lowest BCUT2D eigenvalue weighted by Gasteiger charge is -2.15. The summed E-state index contributed by atoms with van der Waals surface area (Å²) in [5, 5.41) is 13.6. The predicted molar refractivity (Wildman–Crippen MR) is 83.0 cm³/mol. The third-order valence-corrected chi connectivity index (χ3v) is 3.48. The number of hydrogen-bond acceptors (Lipinski definition) is 6. The molecule has 0 heterocycles. The lowest BCUT2D eigenvalue weighted by atomic mass is 10.2. The Morgan fingerprint density at radius 1 is 1.32 bits per heavy atom. The maximum atomic E-state index is 12.0. The van der Waals surface area contributed by atoms with Crippen LogP contribution in [0.5, 0.6) is 0 Å². The molecule has 1 rings (SSSR count). The van der Waals surface area contributed by atoms with Crippen molar-refractivity contribution in [3.63, 3.8) is 0 Å². The minimum absolute atomic E-state index is 0.0358. The molecule has 120 valence electrons. The second-order valence-corrected chi connectivity index (χ2v) is 5.70. The number of carbonyl (C=O) groups excluding carboxylic acids is 2. The molecule has 22 heavy (non-hydrogen) atoms. The van der Waals surface area contributed by atoms with Gasteiger partial charge in [0, 0.05) is 12.1 Å². The molecule has 0 aliphatic heterocycles. The molecule has 0 bridgehead atoms. The normalized spacial score (nSPS) is 11.9. The average Bonchev–Trinajstić information content (AvgIpc) is 2.45. The van der Waals surface area contributed by atoms with Crippen LogP contribution in [0.15, 0.2) is 23.1 Å². The van der Waals surface area contributed by atoms with Crippen molar-refractivity contribution in [1.29, 1.82) is 0 Å². The standard InChI is InChI=1S/C14H18N2O5S/c1-8(2)15-13(17)9(3)21-14(18)10-5-6-12(22-4)11(7-10)16(19)20/h5-9H,1-4H3,(H,15,17)/t9-/m0/s1. The molecule has 8 heteroatoms. The molecule has 0 unspecified atom stereocenters. The highest BCUT2D eigenvalue weighted by Crippen LogP contribution is 2.28. The van der Waals surface area contributed by atoms with E-state index in [1.54, 1.807) is 20.1 Å². The van der Waals surface area contributed by atoms with Gasteiger partial charge < -0.3 is 10.1 Å². The molecule has 1 aromatic carbocycles. The highest BCUT2D eigenvalue weighted by atomic mass is 32.2. The van der Waals surface area contributed by atoms with E-state index < -0.39 is 22.9 Å². The van der Waals surface area contributed by atoms with Gasteiger partial charge in [0.2, 0.25) is 0 Å². The summed E-state index contributed by atoms with van der Waals surface area (Å²) in [4.78, 5) is 34.6. The van der Waals surface area contributed by atoms with Crippen molar-refractivity contribution in [2.45, 2.75) is 37.8 Å². The number of nitro groups is 1. The van der Waals surface area contributed by atoms with Crippen LogP contribution in [0.1, 0.15) is 31.1 Å². The van der Waals surface area contributed by atoms with Gasteiger partial charge in [0.15, 0.2) is 6.10 Å². The first-order valence-electron chi connectivity index (χ1n) is 6.60. The summed E-state index contributed by atoms with van der Waals surface area (Å²) >= 11 is 1.21. The monoisotopic (exact) mass is 326 g/mol. The van der Waals surface area contributed by atoms with E-state index in [0.29, 0.717) is 4.90 Å². The zero-order valence-corrected chi connectivity index (χ0v) is 13.6. The van der Waals surface area contributed by atoms with Crippen molar-refractivity contribution < 1.29 is 19.2 Å². The number of nitrogens with zero attached hydrogens (tertiary/aromatic N) is 1. The van der Waals surface area contributed by atoms with Crippen LogP contribution in [0, 0.1) is 10.1 Å². The fourth-order valence-corrected chi connectivity index (χ4v) is 2.19. The van der Waals surface area contributed by atoms with E-state index in [-0.39, 0.29) is 17.3 Å². The number of carbonyl (C=O) groups is 2. The molecule has 0 aliphatic carbocycles. The van der Waals surface area contributed by atoms with Gasteiger partial charge in [0.05, 0.1) is 15.4 Å². The van der Waals surface area contributed by atoms with Crippen molar-refractivity contribution in [2.24, 2.45) is 0 Å². The van der Waals surface area contributed by atoms with Crippen molar-refractivity contribution in [2.75, 3.05) is 6.26 Å². The summed E-state index contributed by atoms with van der Waals surface area (Å²) in [6, 6.07) is 4.00. The number of amides is 1. The van der Waals surface area contributed by atoms with E-state index in [1.165, 1.54) is 30.8 Å². The van der Waals surface area contributed by atoms with Gasteiger partial charge in [0.1, 0.15) is 0 Å². The Bertz CT molecular complexity index is 589. The highest BCUT2D eigenvalue weighted by molar-refractivity contribution is 7.98. The van der Waals surface area contributed by atoms with Crippen LogP contribution < -0.4 is 5.32 Å². The lowest BCUT2D eigenvalue weighted by molar-refractivity contribution is -0.387. The molecule has 0 aromatic heterocycles. The number of esters is 1. The van der Waals surface area contributed by atoms with E-state index in [9.17, 15) is 19.7 Å². The van der Waals surface area contributed by atoms with Crippen LogP contribution in [0.3, 0.4) is 0 Å². The molecule has 1 N–H and O–H groups in total. The van der Waals surface area contributed by atoms with Gasteiger partial charge in [-0.05, 0) is 39.2 Å². The Hall–Kier alpha value is -2.09. The zero-order valence-electron chi connectivity index (χ0n) is 12.8. The summed E-state index contributed by atoms with van der Waals surface area (Å²) in [5.74, 6) is -1.19. The van der Waals surface area contributed by atoms with Gasteiger partial charge >= 0.3 is 5.97 Å². The lowest BCUT2D eigenvalue weighted by Crippen LogP contribution is -2.39. The van der Waals surface area contributed by atoms with Crippen LogP contribution in [0.25, 0.3) is 0 Å². The summed E-state index contributed by atoms with van der Waals surface area (Å²) in [5.41, 5.74) is -0.130. The first kappa shape index (κ1) is 18.0. The van der Waals surface area contributed by atoms with Crippen LogP contribution in [-0.4, -0.2) is 35.2 Å². The van der Waals surface area contributed by atoms with Crippen LogP contribution >= 0.6 is 11.8 Å². The molecule has 0 fully saturated rings. The SMILES string of the molecule is CSc1ccc(C(=O)O[C@@H](C)C(=O)NC(C)C)cc1[N+](=O)[O-]. The van der Waals surface area contributed by atoms with Crippen molar-refractivity contribution in [1.82, 2.24) is 5.32 Å². The van der Waals surface area contributed by atoms with E-state index in [2.05, 4.69) is 5.32 Å². The Morgan fingerprint density at radius 3 is 2.45 bits per heavy atom. The summed E-state index contributed by atoms with van der Waals surface area (Å²) < 4.78 is 5.03. The number of rotatable bonds is 6. The van der Waals surface area contributed by atoms with Gasteiger partial charge in [0.25, 0.3) is 11.6 Å². The van der Waals surface area contributed by atoms with Gasteiger partial charge in [-0.2, -0.15) is 0 Å². The average molecular weight is 326 g/mol. The quantitative estimate of drug-likeness (QED) is 0.373. The van der Waals surface area contributed by atoms with Gasteiger partial charge in [-0.25, -0.2) is 4.79 Å². The largest absolute Gasteiger partial charge is 0.449 e. The molecule has 0 radical (unpaired) electrons. The second kappa shape index (κ2) is 7.79. The number of ether oxygens (including phenoxy) is 1. The zero-order chi connectivity index (χ0) is 16.9. The maximum Gasteiger partial charge on any atom is 0.339 e. The number of thioether (sulfide) groups is 1. The molecular weight excluding hydrogens is 308 g/mol. The summed E-state index contributed by atoms with van der Waals surface area (Å²) in [7, 11) is 0. The fraction of sp³-hybridized carbons (Fsp3) is 0.429. The van der Waals surface area contributed by atoms with Crippen LogP contribution in [-0.2, 0) is 9.53 Å². The number of benzene rings is 1. The van der Waals surface area contributed by atoms with Gasteiger partial charge in [-0.1, -0.05) is 0 Å². The Kier molecular flexibility index (Phi) is 6.36. The minimum Gasteiger partial charge on any atom is -0.449 e. The highest BCUT2D eigenvalue weighted by Gasteiger charge is 2.22. The molecular formula is C14H18N2O5S. The van der Waals surface area contributed by atoms with E-state index in [0.717, 1.165) is 6.07 Å². The van der Waals surface area contributed by atoms with E-state index in [4.69, 9.17) is 4.74 Å². The predicted octanol–water partition coefficient (Wildman–Crippen LogP) is 2.39. The van der Waals surface area contributed by atoms with Crippen LogP contribution in [0.2, 0.25) is 0 Å². The molecule has 0 spiro atoms. The smallest absolute Gasteiger partial charge is 0.339 e. The molecule has 1 amide bonds. The topological polar surface area (TPSA) is 98.5 Å². The molecule has 1 aromatic rings. The van der Waals surface area contributed by atoms with Crippen LogP contribution in [0.4, 0.5) is 5.69 Å². The Labute approximate surface area is 132 Å². The first-order valence-corrected chi connectivity index (χ1v) is 7.82. The van der Waals surface area contributed by atoms with E-state index in [1.807, 2.05) is 0 Å². The number of nitro benzene ring substituents is 1. The minimum atomic E-state index is -0.978. The molecule has 0 saturated carbocycles. The Morgan fingerprint density at radius 2 is 1.95 bits per heavy atom. The number of nitrogens with one attached hydrogen (secondary N) is 1. The molecule has 1 atom stereocenters. The van der Waals surface area contributed by atoms with Crippen molar-refractivity contribution in [3.8, 4) is 0 Å². The summed E-state index contributed by atoms with van der Waals surface area (Å²) in [6.07, 6.45) is 0.729. The van der Waals surface area contributed by atoms with Gasteiger partial charge in [-0.3, -0.25) is 14.9 Å². The third-order valence-electron chi connectivity index (χ3n) is 2.70. The van der Waals surface area contributed by atoms with Crippen molar-refractivity contribution >= 4 is 29.3 Å². The summed E-state index contributed by atoms with van der Waals surface area (Å²) in [6.45, 7) is 5.02. The van der Waals surface area contributed by atoms with Gasteiger partial charge in [-0.15, -0.1) is 11.8 Å². The van der Waals surface area contributed by atoms with E-state index >= 15 is 0 Å².